The van der Waals surface area contributed by atoms with E-state index in [4.69, 9.17) is 27.6 Å². The summed E-state index contributed by atoms with van der Waals surface area (Å²) >= 11 is 12.1. The molecule has 0 bridgehead atoms. The van der Waals surface area contributed by atoms with E-state index in [1.807, 2.05) is 12.1 Å². The molecule has 1 heterocycles. The van der Waals surface area contributed by atoms with Crippen LogP contribution in [0.15, 0.2) is 59.1 Å². The van der Waals surface area contributed by atoms with E-state index < -0.39 is 4.92 Å². The molecule has 0 atom stereocenters. The second-order valence-corrected chi connectivity index (χ2v) is 5.72. The predicted octanol–water partition coefficient (Wildman–Crippen LogP) is 5.64. The van der Waals surface area contributed by atoms with Crippen LogP contribution < -0.4 is 0 Å². The summed E-state index contributed by atoms with van der Waals surface area (Å²) in [6, 6.07) is 13.2. The summed E-state index contributed by atoms with van der Waals surface area (Å²) < 4.78 is 5.63. The SMILES string of the molecule is O=[N+]([O-])c1cccc(/C=C(\Cl)c2ncc(-c3ccc(Cl)cc3)o2)c1. The summed E-state index contributed by atoms with van der Waals surface area (Å²) in [6.07, 6.45) is 3.12. The Morgan fingerprint density at radius 3 is 2.67 bits per heavy atom. The summed E-state index contributed by atoms with van der Waals surface area (Å²) in [6.45, 7) is 0. The minimum Gasteiger partial charge on any atom is -0.435 e. The summed E-state index contributed by atoms with van der Waals surface area (Å²) in [5, 5.41) is 11.7. The minimum absolute atomic E-state index is 0.0116. The summed E-state index contributed by atoms with van der Waals surface area (Å²) in [4.78, 5) is 14.5. The molecule has 1 aromatic heterocycles. The number of halogens is 2. The zero-order valence-corrected chi connectivity index (χ0v) is 13.7. The second kappa shape index (κ2) is 6.86. The highest BCUT2D eigenvalue weighted by Gasteiger charge is 2.11. The summed E-state index contributed by atoms with van der Waals surface area (Å²) in [5.74, 6) is 0.778. The molecule has 2 aromatic carbocycles. The molecule has 3 rings (SSSR count). The lowest BCUT2D eigenvalue weighted by Gasteiger charge is -1.97. The molecular weight excluding hydrogens is 351 g/mol. The zero-order valence-electron chi connectivity index (χ0n) is 12.1. The number of oxazole rings is 1. The van der Waals surface area contributed by atoms with Crippen molar-refractivity contribution in [3.63, 3.8) is 0 Å². The Kier molecular flexibility index (Phi) is 4.64. The van der Waals surface area contributed by atoms with Crippen molar-refractivity contribution in [2.45, 2.75) is 0 Å². The lowest BCUT2D eigenvalue weighted by molar-refractivity contribution is -0.384. The predicted molar refractivity (Wildman–Crippen MR) is 93.8 cm³/mol. The van der Waals surface area contributed by atoms with E-state index in [-0.39, 0.29) is 16.6 Å². The average molecular weight is 361 g/mol. The molecule has 3 aromatic rings. The van der Waals surface area contributed by atoms with Crippen LogP contribution in [0.2, 0.25) is 5.02 Å². The average Bonchev–Trinajstić information content (AvgIpc) is 3.06. The van der Waals surface area contributed by atoms with Crippen LogP contribution in [0.3, 0.4) is 0 Å². The summed E-state index contributed by atoms with van der Waals surface area (Å²) in [7, 11) is 0. The van der Waals surface area contributed by atoms with Crippen LogP contribution >= 0.6 is 23.2 Å². The van der Waals surface area contributed by atoms with E-state index in [0.29, 0.717) is 16.3 Å². The molecule has 0 radical (unpaired) electrons. The first-order valence-corrected chi connectivity index (χ1v) is 7.62. The van der Waals surface area contributed by atoms with Crippen molar-refractivity contribution in [2.24, 2.45) is 0 Å². The van der Waals surface area contributed by atoms with Gasteiger partial charge in [0.05, 0.1) is 11.1 Å². The number of nitro groups is 1. The van der Waals surface area contributed by atoms with Crippen molar-refractivity contribution in [3.05, 3.63) is 81.3 Å². The van der Waals surface area contributed by atoms with Crippen LogP contribution in [-0.4, -0.2) is 9.91 Å². The van der Waals surface area contributed by atoms with Gasteiger partial charge in [0, 0.05) is 22.7 Å². The van der Waals surface area contributed by atoms with Crippen LogP contribution in [0, 0.1) is 10.1 Å². The maximum atomic E-state index is 10.8. The number of hydrogen-bond donors (Lipinski definition) is 0. The molecule has 0 unspecified atom stereocenters. The van der Waals surface area contributed by atoms with Gasteiger partial charge in [-0.1, -0.05) is 35.3 Å². The molecule has 0 amide bonds. The smallest absolute Gasteiger partial charge is 0.270 e. The topological polar surface area (TPSA) is 69.2 Å². The number of rotatable bonds is 4. The van der Waals surface area contributed by atoms with Crippen LogP contribution in [0.25, 0.3) is 22.4 Å². The van der Waals surface area contributed by atoms with Gasteiger partial charge in [0.15, 0.2) is 5.76 Å². The van der Waals surface area contributed by atoms with Gasteiger partial charge in [-0.2, -0.15) is 0 Å². The Bertz CT molecular complexity index is 918. The molecule has 5 nitrogen and oxygen atoms in total. The van der Waals surface area contributed by atoms with E-state index in [1.165, 1.54) is 12.1 Å². The summed E-state index contributed by atoms with van der Waals surface area (Å²) in [5.41, 5.74) is 1.39. The highest BCUT2D eigenvalue weighted by atomic mass is 35.5. The van der Waals surface area contributed by atoms with E-state index in [2.05, 4.69) is 4.98 Å². The Balaban J connectivity index is 1.88. The van der Waals surface area contributed by atoms with Crippen molar-refractivity contribution in [2.75, 3.05) is 0 Å². The molecule has 120 valence electrons. The maximum Gasteiger partial charge on any atom is 0.270 e. The van der Waals surface area contributed by atoms with Crippen molar-refractivity contribution in [3.8, 4) is 11.3 Å². The molecule has 7 heteroatoms. The van der Waals surface area contributed by atoms with Gasteiger partial charge in [-0.05, 0) is 35.9 Å². The Labute approximate surface area is 147 Å². The molecule has 0 saturated carbocycles. The molecular formula is C17H10Cl2N2O3. The van der Waals surface area contributed by atoms with E-state index in [0.717, 1.165) is 5.56 Å². The Morgan fingerprint density at radius 2 is 1.96 bits per heavy atom. The molecule has 24 heavy (non-hydrogen) atoms. The molecule has 0 aliphatic rings. The number of non-ortho nitro benzene ring substituents is 1. The second-order valence-electron chi connectivity index (χ2n) is 4.88. The van der Waals surface area contributed by atoms with Gasteiger partial charge >= 0.3 is 0 Å². The molecule has 0 aliphatic carbocycles. The lowest BCUT2D eigenvalue weighted by atomic mass is 10.2. The van der Waals surface area contributed by atoms with E-state index in [1.54, 1.807) is 36.5 Å². The first-order valence-electron chi connectivity index (χ1n) is 6.87. The first-order chi connectivity index (χ1) is 11.5. The molecule has 0 saturated heterocycles. The Morgan fingerprint density at radius 1 is 1.21 bits per heavy atom. The number of nitro benzene ring substituents is 1. The first kappa shape index (κ1) is 16.2. The van der Waals surface area contributed by atoms with Crippen molar-refractivity contribution < 1.29 is 9.34 Å². The molecule has 0 aliphatic heterocycles. The number of nitrogens with zero attached hydrogens (tertiary/aromatic N) is 2. The fourth-order valence-corrected chi connectivity index (χ4v) is 2.41. The molecule has 0 N–H and O–H groups in total. The van der Waals surface area contributed by atoms with Crippen LogP contribution in [0.4, 0.5) is 5.69 Å². The fourth-order valence-electron chi connectivity index (χ4n) is 2.07. The minimum atomic E-state index is -0.463. The van der Waals surface area contributed by atoms with Gasteiger partial charge in [-0.25, -0.2) is 4.98 Å². The Hall–Kier alpha value is -2.63. The number of hydrogen-bond acceptors (Lipinski definition) is 4. The van der Waals surface area contributed by atoms with Crippen molar-refractivity contribution in [1.82, 2.24) is 4.98 Å². The van der Waals surface area contributed by atoms with Crippen molar-refractivity contribution >= 4 is 40.0 Å². The monoisotopic (exact) mass is 360 g/mol. The maximum absolute atomic E-state index is 10.8. The van der Waals surface area contributed by atoms with E-state index >= 15 is 0 Å². The quantitative estimate of drug-likeness (QED) is 0.445. The highest BCUT2D eigenvalue weighted by molar-refractivity contribution is 6.50. The van der Waals surface area contributed by atoms with Crippen molar-refractivity contribution in [1.29, 1.82) is 0 Å². The van der Waals surface area contributed by atoms with Gasteiger partial charge in [0.1, 0.15) is 5.03 Å². The number of benzene rings is 2. The van der Waals surface area contributed by atoms with Gasteiger partial charge in [-0.3, -0.25) is 10.1 Å². The third-order valence-electron chi connectivity index (χ3n) is 3.21. The normalized spacial score (nSPS) is 11.5. The molecule has 0 spiro atoms. The highest BCUT2D eigenvalue weighted by Crippen LogP contribution is 2.28. The number of aromatic nitrogens is 1. The fraction of sp³-hybridized carbons (Fsp3) is 0. The van der Waals surface area contributed by atoms with Crippen LogP contribution in [-0.2, 0) is 0 Å². The lowest BCUT2D eigenvalue weighted by Crippen LogP contribution is -1.87. The largest absolute Gasteiger partial charge is 0.435 e. The van der Waals surface area contributed by atoms with Crippen LogP contribution in [0.1, 0.15) is 11.5 Å². The van der Waals surface area contributed by atoms with Gasteiger partial charge < -0.3 is 4.42 Å². The zero-order chi connectivity index (χ0) is 17.1. The van der Waals surface area contributed by atoms with Crippen LogP contribution in [0.5, 0.6) is 0 Å². The third kappa shape index (κ3) is 3.64. The van der Waals surface area contributed by atoms with Gasteiger partial charge in [-0.15, -0.1) is 0 Å². The third-order valence-corrected chi connectivity index (χ3v) is 3.74. The molecule has 0 fully saturated rings. The van der Waals surface area contributed by atoms with Gasteiger partial charge in [0.2, 0.25) is 5.89 Å². The van der Waals surface area contributed by atoms with Gasteiger partial charge in [0.25, 0.3) is 5.69 Å². The van der Waals surface area contributed by atoms with E-state index in [9.17, 15) is 10.1 Å². The standard InChI is InChI=1S/C17H10Cl2N2O3/c18-13-6-4-12(5-7-13)16-10-20-17(24-16)15(19)9-11-2-1-3-14(8-11)21(22)23/h1-10H/b15-9-.